The normalized spacial score (nSPS) is 12.8. The first-order chi connectivity index (χ1) is 18.6. The molecule has 3 aromatic carbocycles. The van der Waals surface area contributed by atoms with E-state index in [1.54, 1.807) is 36.8 Å². The smallest absolute Gasteiger partial charge is 0.254 e. The molecule has 0 bridgehead atoms. The Morgan fingerprint density at radius 1 is 1.00 bits per heavy atom. The molecule has 194 valence electrons. The third kappa shape index (κ3) is 6.11. The molecule has 1 heterocycles. The fourth-order valence-electron chi connectivity index (χ4n) is 4.50. The van der Waals surface area contributed by atoms with Crippen LogP contribution in [0.25, 0.3) is 0 Å². The molecule has 0 radical (unpaired) electrons. The maximum Gasteiger partial charge on any atom is 0.254 e. The molecule has 1 aliphatic rings. The SMILES string of the molecule is COc1cc(C=Nc2sc3c(c2C(=O)NCc2ccccc2)CCCC3)ccc1OCc1ccc(F)cc1. The van der Waals surface area contributed by atoms with Crippen LogP contribution in [0.2, 0.25) is 0 Å². The van der Waals surface area contributed by atoms with E-state index in [1.807, 2.05) is 48.5 Å². The lowest BCUT2D eigenvalue weighted by Gasteiger charge is -2.13. The lowest BCUT2D eigenvalue weighted by Crippen LogP contribution is -2.24. The fraction of sp³-hybridized carbons (Fsp3) is 0.226. The lowest BCUT2D eigenvalue weighted by atomic mass is 9.95. The van der Waals surface area contributed by atoms with Gasteiger partial charge >= 0.3 is 0 Å². The number of hydrogen-bond donors (Lipinski definition) is 1. The van der Waals surface area contributed by atoms with Crippen LogP contribution in [0.1, 0.15) is 50.3 Å². The molecule has 7 heteroatoms. The fourth-order valence-corrected chi connectivity index (χ4v) is 5.73. The van der Waals surface area contributed by atoms with Crippen molar-refractivity contribution in [1.82, 2.24) is 5.32 Å². The van der Waals surface area contributed by atoms with E-state index in [-0.39, 0.29) is 11.7 Å². The number of ether oxygens (including phenoxy) is 2. The highest BCUT2D eigenvalue weighted by molar-refractivity contribution is 7.16. The van der Waals surface area contributed by atoms with Gasteiger partial charge in [0.05, 0.1) is 12.7 Å². The van der Waals surface area contributed by atoms with E-state index < -0.39 is 0 Å². The van der Waals surface area contributed by atoms with Crippen molar-refractivity contribution in [2.24, 2.45) is 4.99 Å². The number of nitrogens with zero attached hydrogens (tertiary/aromatic N) is 1. The molecule has 1 amide bonds. The van der Waals surface area contributed by atoms with E-state index in [2.05, 4.69) is 5.32 Å². The van der Waals surface area contributed by atoms with Gasteiger partial charge in [0.15, 0.2) is 11.5 Å². The second kappa shape index (κ2) is 12.0. The molecule has 1 aliphatic carbocycles. The zero-order chi connectivity index (χ0) is 26.3. The van der Waals surface area contributed by atoms with Crippen molar-refractivity contribution in [2.75, 3.05) is 7.11 Å². The van der Waals surface area contributed by atoms with E-state index in [4.69, 9.17) is 14.5 Å². The van der Waals surface area contributed by atoms with E-state index >= 15 is 0 Å². The van der Waals surface area contributed by atoms with Crippen molar-refractivity contribution in [3.05, 3.63) is 111 Å². The van der Waals surface area contributed by atoms with Crippen molar-refractivity contribution in [2.45, 2.75) is 38.8 Å². The molecule has 38 heavy (non-hydrogen) atoms. The average Bonchev–Trinajstić information content (AvgIpc) is 3.34. The Morgan fingerprint density at radius 3 is 2.58 bits per heavy atom. The number of carbonyl (C=O) groups excluding carboxylic acids is 1. The summed E-state index contributed by atoms with van der Waals surface area (Å²) in [6.07, 6.45) is 5.88. The minimum absolute atomic E-state index is 0.0810. The quantitative estimate of drug-likeness (QED) is 0.237. The maximum atomic E-state index is 13.3. The average molecular weight is 529 g/mol. The van der Waals surface area contributed by atoms with Crippen LogP contribution in [-0.4, -0.2) is 19.2 Å². The summed E-state index contributed by atoms with van der Waals surface area (Å²) in [6.45, 7) is 0.774. The molecule has 1 aromatic heterocycles. The van der Waals surface area contributed by atoms with Crippen molar-refractivity contribution in [1.29, 1.82) is 0 Å². The molecule has 0 saturated heterocycles. The van der Waals surface area contributed by atoms with Crippen LogP contribution >= 0.6 is 11.3 Å². The minimum atomic E-state index is -0.279. The van der Waals surface area contributed by atoms with Gasteiger partial charge in [0.25, 0.3) is 5.91 Å². The van der Waals surface area contributed by atoms with Gasteiger partial charge in [0.1, 0.15) is 17.4 Å². The molecule has 0 spiro atoms. The van der Waals surface area contributed by atoms with Crippen LogP contribution in [0.3, 0.4) is 0 Å². The largest absolute Gasteiger partial charge is 0.493 e. The van der Waals surface area contributed by atoms with Crippen LogP contribution in [0, 0.1) is 5.82 Å². The molecule has 0 unspecified atom stereocenters. The molecule has 5 nitrogen and oxygen atoms in total. The van der Waals surface area contributed by atoms with Gasteiger partial charge in [0, 0.05) is 17.6 Å². The number of halogens is 1. The predicted molar refractivity (Wildman–Crippen MR) is 150 cm³/mol. The first-order valence-electron chi connectivity index (χ1n) is 12.7. The summed E-state index contributed by atoms with van der Waals surface area (Å²) in [7, 11) is 1.59. The third-order valence-corrected chi connectivity index (χ3v) is 7.70. The van der Waals surface area contributed by atoms with Crippen molar-refractivity contribution >= 4 is 28.5 Å². The number of aryl methyl sites for hydroxylation is 1. The number of fused-ring (bicyclic) bond motifs is 1. The van der Waals surface area contributed by atoms with Crippen LogP contribution in [0.5, 0.6) is 11.5 Å². The molecule has 5 rings (SSSR count). The Hall–Kier alpha value is -3.97. The Labute approximate surface area is 226 Å². The zero-order valence-corrected chi connectivity index (χ0v) is 22.0. The standard InChI is InChI=1S/C31H29FN2O3S/c1-36-27-17-23(13-16-26(27)37-20-22-11-14-24(32)15-12-22)19-34-31-29(25-9-5-6-10-28(25)38-31)30(35)33-18-21-7-3-2-4-8-21/h2-4,7-8,11-17,19H,5-6,9-10,18,20H2,1H3,(H,33,35). The first-order valence-corrected chi connectivity index (χ1v) is 13.5. The number of aliphatic imine (C=N–C) groups is 1. The second-order valence-corrected chi connectivity index (χ2v) is 10.2. The Balaban J connectivity index is 1.34. The van der Waals surface area contributed by atoms with Crippen LogP contribution in [0.4, 0.5) is 9.39 Å². The number of amides is 1. The summed E-state index contributed by atoms with van der Waals surface area (Å²) < 4.78 is 24.6. The van der Waals surface area contributed by atoms with Crippen LogP contribution in [0.15, 0.2) is 77.8 Å². The number of thiophene rings is 1. The summed E-state index contributed by atoms with van der Waals surface area (Å²) >= 11 is 1.61. The van der Waals surface area contributed by atoms with E-state index in [1.165, 1.54) is 17.0 Å². The molecule has 4 aromatic rings. The summed E-state index contributed by atoms with van der Waals surface area (Å²) in [4.78, 5) is 19.3. The summed E-state index contributed by atoms with van der Waals surface area (Å²) in [5.41, 5.74) is 4.59. The number of carbonyl (C=O) groups is 1. The van der Waals surface area contributed by atoms with E-state index in [0.29, 0.717) is 30.2 Å². The van der Waals surface area contributed by atoms with Crippen molar-refractivity contribution < 1.29 is 18.7 Å². The molecule has 0 aliphatic heterocycles. The molecular formula is C31H29FN2O3S. The van der Waals surface area contributed by atoms with Crippen LogP contribution < -0.4 is 14.8 Å². The van der Waals surface area contributed by atoms with Crippen molar-refractivity contribution in [3.8, 4) is 11.5 Å². The number of benzene rings is 3. The first kappa shape index (κ1) is 25.7. The second-order valence-electron chi connectivity index (χ2n) is 9.14. The lowest BCUT2D eigenvalue weighted by molar-refractivity contribution is 0.0951. The summed E-state index contributed by atoms with van der Waals surface area (Å²) in [6, 6.07) is 21.7. The number of hydrogen-bond acceptors (Lipinski definition) is 5. The van der Waals surface area contributed by atoms with Gasteiger partial charge < -0.3 is 14.8 Å². The molecule has 0 fully saturated rings. The molecule has 0 saturated carbocycles. The Bertz CT molecular complexity index is 1430. The van der Waals surface area contributed by atoms with Gasteiger partial charge in [-0.1, -0.05) is 42.5 Å². The van der Waals surface area contributed by atoms with E-state index in [9.17, 15) is 9.18 Å². The number of rotatable bonds is 9. The van der Waals surface area contributed by atoms with E-state index in [0.717, 1.165) is 52.9 Å². The predicted octanol–water partition coefficient (Wildman–Crippen LogP) is 7.03. The van der Waals surface area contributed by atoms with Gasteiger partial charge in [-0.25, -0.2) is 9.38 Å². The van der Waals surface area contributed by atoms with Crippen molar-refractivity contribution in [3.63, 3.8) is 0 Å². The highest BCUT2D eigenvalue weighted by Crippen LogP contribution is 2.40. The maximum absolute atomic E-state index is 13.3. The monoisotopic (exact) mass is 528 g/mol. The topological polar surface area (TPSA) is 59.9 Å². The Morgan fingerprint density at radius 2 is 1.79 bits per heavy atom. The minimum Gasteiger partial charge on any atom is -0.493 e. The summed E-state index contributed by atoms with van der Waals surface area (Å²) in [5, 5.41) is 3.82. The van der Waals surface area contributed by atoms with Gasteiger partial charge in [-0.3, -0.25) is 4.79 Å². The van der Waals surface area contributed by atoms with Gasteiger partial charge in [-0.15, -0.1) is 11.3 Å². The zero-order valence-electron chi connectivity index (χ0n) is 21.2. The van der Waals surface area contributed by atoms with Gasteiger partial charge in [0.2, 0.25) is 0 Å². The third-order valence-electron chi connectivity index (χ3n) is 6.50. The highest BCUT2D eigenvalue weighted by atomic mass is 32.1. The van der Waals surface area contributed by atoms with Gasteiger partial charge in [-0.2, -0.15) is 0 Å². The number of methoxy groups -OCH3 is 1. The van der Waals surface area contributed by atoms with Gasteiger partial charge in [-0.05, 0) is 78.3 Å². The molecule has 0 atom stereocenters. The molecular weight excluding hydrogens is 499 g/mol. The Kier molecular flexibility index (Phi) is 8.14. The highest BCUT2D eigenvalue weighted by Gasteiger charge is 2.25. The summed E-state index contributed by atoms with van der Waals surface area (Å²) in [5.74, 6) is 0.796. The molecule has 1 N–H and O–H groups in total. The number of nitrogens with one attached hydrogen (secondary N) is 1. The van der Waals surface area contributed by atoms with Crippen LogP contribution in [-0.2, 0) is 26.0 Å².